The Hall–Kier alpha value is -1.85. The van der Waals surface area contributed by atoms with Gasteiger partial charge in [-0.05, 0) is 31.2 Å². The summed E-state index contributed by atoms with van der Waals surface area (Å²) in [5.74, 6) is 1.67. The Morgan fingerprint density at radius 3 is 2.43 bits per heavy atom. The van der Waals surface area contributed by atoms with Crippen LogP contribution in [0.25, 0.3) is 17.1 Å². The fourth-order valence-electron chi connectivity index (χ4n) is 2.15. The van der Waals surface area contributed by atoms with Crippen molar-refractivity contribution in [3.63, 3.8) is 0 Å². The molecule has 1 heterocycles. The van der Waals surface area contributed by atoms with Crippen LogP contribution in [0.2, 0.25) is 0 Å². The van der Waals surface area contributed by atoms with E-state index in [0.29, 0.717) is 0 Å². The molecule has 0 N–H and O–H groups in total. The van der Waals surface area contributed by atoms with Crippen molar-refractivity contribution in [1.29, 1.82) is 0 Å². The van der Waals surface area contributed by atoms with E-state index in [0.717, 1.165) is 38.0 Å². The maximum atomic E-state index is 4.42. The average Bonchev–Trinajstić information content (AvgIpc) is 2.98. The van der Waals surface area contributed by atoms with Gasteiger partial charge in [-0.2, -0.15) is 0 Å². The highest BCUT2D eigenvalue weighted by molar-refractivity contribution is 9.10. The summed E-state index contributed by atoms with van der Waals surface area (Å²) in [5, 5.41) is 9.68. The zero-order chi connectivity index (χ0) is 16.2. The minimum atomic E-state index is 0.825. The van der Waals surface area contributed by atoms with Gasteiger partial charge in [0.15, 0.2) is 11.0 Å². The standard InChI is InChI=1S/C18H16BrN3S/c1-13(2)12-23-18-21-20-17(14-8-10-15(19)11-9-14)22(18)16-6-4-3-5-7-16/h3-11H,1,12H2,2H3. The first kappa shape index (κ1) is 16.0. The fourth-order valence-corrected chi connectivity index (χ4v) is 3.21. The molecule has 0 saturated heterocycles. The van der Waals surface area contributed by atoms with Crippen LogP contribution in [-0.2, 0) is 0 Å². The number of benzene rings is 2. The first-order valence-corrected chi connectivity index (χ1v) is 8.97. The van der Waals surface area contributed by atoms with Gasteiger partial charge in [0.25, 0.3) is 0 Å². The van der Waals surface area contributed by atoms with E-state index in [4.69, 9.17) is 0 Å². The second kappa shape index (κ2) is 7.15. The SMILES string of the molecule is C=C(C)CSc1nnc(-c2ccc(Br)cc2)n1-c1ccccc1. The molecular formula is C18H16BrN3S. The Morgan fingerprint density at radius 2 is 1.78 bits per heavy atom. The van der Waals surface area contributed by atoms with Crippen molar-refractivity contribution < 1.29 is 0 Å². The quantitative estimate of drug-likeness (QED) is 0.437. The maximum absolute atomic E-state index is 4.42. The summed E-state index contributed by atoms with van der Waals surface area (Å²) in [7, 11) is 0. The predicted molar refractivity (Wildman–Crippen MR) is 100 cm³/mol. The molecule has 0 unspecified atom stereocenters. The summed E-state index contributed by atoms with van der Waals surface area (Å²) >= 11 is 5.12. The number of rotatable bonds is 5. The van der Waals surface area contributed by atoms with Crippen LogP contribution in [0.3, 0.4) is 0 Å². The molecule has 3 rings (SSSR count). The van der Waals surface area contributed by atoms with Crippen LogP contribution in [0.4, 0.5) is 0 Å². The van der Waals surface area contributed by atoms with E-state index in [-0.39, 0.29) is 0 Å². The molecule has 2 aromatic carbocycles. The molecule has 3 aromatic rings. The molecule has 3 nitrogen and oxygen atoms in total. The van der Waals surface area contributed by atoms with Crippen molar-refractivity contribution in [2.75, 3.05) is 5.75 Å². The number of para-hydroxylation sites is 1. The predicted octanol–water partition coefficient (Wildman–Crippen LogP) is 5.37. The zero-order valence-electron chi connectivity index (χ0n) is 12.7. The Balaban J connectivity index is 2.09. The third-order valence-electron chi connectivity index (χ3n) is 3.20. The summed E-state index contributed by atoms with van der Waals surface area (Å²) in [6.45, 7) is 5.98. The van der Waals surface area contributed by atoms with Crippen molar-refractivity contribution in [2.45, 2.75) is 12.1 Å². The normalized spacial score (nSPS) is 10.7. The molecule has 0 fully saturated rings. The summed E-state index contributed by atoms with van der Waals surface area (Å²) in [6, 6.07) is 18.3. The lowest BCUT2D eigenvalue weighted by atomic mass is 10.2. The zero-order valence-corrected chi connectivity index (χ0v) is 15.1. The molecule has 0 bridgehead atoms. The number of halogens is 1. The molecule has 0 aliphatic heterocycles. The molecule has 0 atom stereocenters. The van der Waals surface area contributed by atoms with E-state index in [9.17, 15) is 0 Å². The van der Waals surface area contributed by atoms with E-state index in [1.165, 1.54) is 0 Å². The Kier molecular flexibility index (Phi) is 4.98. The average molecular weight is 386 g/mol. The summed E-state index contributed by atoms with van der Waals surface area (Å²) in [5.41, 5.74) is 3.20. The minimum Gasteiger partial charge on any atom is -0.270 e. The summed E-state index contributed by atoms with van der Waals surface area (Å²) in [4.78, 5) is 0. The van der Waals surface area contributed by atoms with Crippen molar-refractivity contribution in [3.8, 4) is 17.1 Å². The van der Waals surface area contributed by atoms with E-state index in [1.54, 1.807) is 11.8 Å². The van der Waals surface area contributed by atoms with Crippen LogP contribution >= 0.6 is 27.7 Å². The topological polar surface area (TPSA) is 30.7 Å². The number of nitrogens with zero attached hydrogens (tertiary/aromatic N) is 3. The van der Waals surface area contributed by atoms with Crippen LogP contribution in [-0.4, -0.2) is 20.5 Å². The number of thioether (sulfide) groups is 1. The molecule has 23 heavy (non-hydrogen) atoms. The van der Waals surface area contributed by atoms with Crippen molar-refractivity contribution in [1.82, 2.24) is 14.8 Å². The number of aromatic nitrogens is 3. The van der Waals surface area contributed by atoms with Gasteiger partial charge < -0.3 is 0 Å². The fraction of sp³-hybridized carbons (Fsp3) is 0.111. The maximum Gasteiger partial charge on any atom is 0.196 e. The van der Waals surface area contributed by atoms with E-state index >= 15 is 0 Å². The van der Waals surface area contributed by atoms with Crippen LogP contribution < -0.4 is 0 Å². The minimum absolute atomic E-state index is 0.825. The van der Waals surface area contributed by atoms with Gasteiger partial charge in [-0.1, -0.05) is 70.2 Å². The third-order valence-corrected chi connectivity index (χ3v) is 4.89. The molecule has 0 amide bonds. The highest BCUT2D eigenvalue weighted by atomic mass is 79.9. The largest absolute Gasteiger partial charge is 0.270 e. The van der Waals surface area contributed by atoms with Gasteiger partial charge in [0.1, 0.15) is 0 Å². The molecule has 0 saturated carbocycles. The monoisotopic (exact) mass is 385 g/mol. The lowest BCUT2D eigenvalue weighted by Crippen LogP contribution is -1.99. The Labute approximate surface area is 148 Å². The number of hydrogen-bond donors (Lipinski definition) is 0. The molecule has 1 aromatic heterocycles. The second-order valence-corrected chi connectivity index (χ2v) is 7.09. The summed E-state index contributed by atoms with van der Waals surface area (Å²) in [6.07, 6.45) is 0. The second-order valence-electron chi connectivity index (χ2n) is 5.23. The molecule has 0 spiro atoms. The van der Waals surface area contributed by atoms with Crippen LogP contribution in [0.1, 0.15) is 6.92 Å². The van der Waals surface area contributed by atoms with Gasteiger partial charge in [0, 0.05) is 21.5 Å². The first-order valence-electron chi connectivity index (χ1n) is 7.19. The molecule has 0 radical (unpaired) electrons. The van der Waals surface area contributed by atoms with Gasteiger partial charge in [0.2, 0.25) is 0 Å². The Bertz CT molecular complexity index is 810. The van der Waals surface area contributed by atoms with Crippen LogP contribution in [0.15, 0.2) is 76.4 Å². The van der Waals surface area contributed by atoms with Gasteiger partial charge in [-0.3, -0.25) is 4.57 Å². The molecule has 5 heteroatoms. The van der Waals surface area contributed by atoms with E-state index in [2.05, 4.69) is 49.4 Å². The smallest absolute Gasteiger partial charge is 0.196 e. The number of hydrogen-bond acceptors (Lipinski definition) is 3. The lowest BCUT2D eigenvalue weighted by molar-refractivity contribution is 0.887. The summed E-state index contributed by atoms with van der Waals surface area (Å²) < 4.78 is 3.14. The molecule has 0 aliphatic carbocycles. The van der Waals surface area contributed by atoms with Gasteiger partial charge >= 0.3 is 0 Å². The Morgan fingerprint density at radius 1 is 1.09 bits per heavy atom. The highest BCUT2D eigenvalue weighted by Gasteiger charge is 2.15. The van der Waals surface area contributed by atoms with Gasteiger partial charge in [-0.25, -0.2) is 0 Å². The third kappa shape index (κ3) is 3.74. The van der Waals surface area contributed by atoms with E-state index in [1.807, 2.05) is 49.4 Å². The molecule has 116 valence electrons. The van der Waals surface area contributed by atoms with Gasteiger partial charge in [-0.15, -0.1) is 10.2 Å². The van der Waals surface area contributed by atoms with Crippen LogP contribution in [0, 0.1) is 0 Å². The van der Waals surface area contributed by atoms with Crippen molar-refractivity contribution in [2.24, 2.45) is 0 Å². The van der Waals surface area contributed by atoms with Crippen LogP contribution in [0.5, 0.6) is 0 Å². The van der Waals surface area contributed by atoms with Gasteiger partial charge in [0.05, 0.1) is 0 Å². The first-order chi connectivity index (χ1) is 11.1. The van der Waals surface area contributed by atoms with Crippen molar-refractivity contribution >= 4 is 27.7 Å². The lowest BCUT2D eigenvalue weighted by Gasteiger charge is -2.10. The molecule has 0 aliphatic rings. The molecular weight excluding hydrogens is 370 g/mol. The highest BCUT2D eigenvalue weighted by Crippen LogP contribution is 2.29. The van der Waals surface area contributed by atoms with Crippen molar-refractivity contribution in [3.05, 3.63) is 71.2 Å². The van der Waals surface area contributed by atoms with E-state index < -0.39 is 0 Å².